The number of nitrogens with zero attached hydrogens (tertiary/aromatic N) is 1. The highest BCUT2D eigenvalue weighted by molar-refractivity contribution is 5.12. The summed E-state index contributed by atoms with van der Waals surface area (Å²) in [6.45, 7) is 0.841. The summed E-state index contributed by atoms with van der Waals surface area (Å²) in [6.07, 6.45) is 4.38. The van der Waals surface area contributed by atoms with Gasteiger partial charge in [0.25, 0.3) is 0 Å². The highest BCUT2D eigenvalue weighted by atomic mass is 16.3. The lowest BCUT2D eigenvalue weighted by Crippen LogP contribution is -2.26. The standard InChI is InChI=1S/C11H16N2O/c14-8-7-13-11(9-4-5-9)10-3-1-2-6-12-10/h1-3,6,9,11,13-14H,4-5,7-8H2. The lowest BCUT2D eigenvalue weighted by Gasteiger charge is -2.16. The van der Waals surface area contributed by atoms with Crippen LogP contribution in [0.2, 0.25) is 0 Å². The zero-order valence-electron chi connectivity index (χ0n) is 8.19. The average Bonchev–Trinajstić information content (AvgIpc) is 3.04. The molecule has 0 spiro atoms. The van der Waals surface area contributed by atoms with Crippen LogP contribution in [-0.4, -0.2) is 23.2 Å². The monoisotopic (exact) mass is 192 g/mol. The number of aliphatic hydroxyl groups excluding tert-OH is 1. The van der Waals surface area contributed by atoms with Crippen LogP contribution >= 0.6 is 0 Å². The van der Waals surface area contributed by atoms with Crippen LogP contribution in [0.5, 0.6) is 0 Å². The summed E-state index contributed by atoms with van der Waals surface area (Å²) in [6, 6.07) is 6.33. The van der Waals surface area contributed by atoms with E-state index in [1.54, 1.807) is 0 Å². The molecule has 2 rings (SSSR count). The third-order valence-electron chi connectivity index (χ3n) is 2.58. The predicted molar refractivity (Wildman–Crippen MR) is 54.8 cm³/mol. The highest BCUT2D eigenvalue weighted by Crippen LogP contribution is 2.40. The molecule has 1 heterocycles. The minimum atomic E-state index is 0.191. The molecular weight excluding hydrogens is 176 g/mol. The van der Waals surface area contributed by atoms with Crippen molar-refractivity contribution in [1.82, 2.24) is 10.3 Å². The minimum Gasteiger partial charge on any atom is -0.395 e. The van der Waals surface area contributed by atoms with Gasteiger partial charge in [-0.3, -0.25) is 4.98 Å². The average molecular weight is 192 g/mol. The number of rotatable bonds is 5. The number of nitrogens with one attached hydrogen (secondary N) is 1. The van der Waals surface area contributed by atoms with Gasteiger partial charge >= 0.3 is 0 Å². The van der Waals surface area contributed by atoms with E-state index in [1.807, 2.05) is 24.4 Å². The molecule has 1 aliphatic carbocycles. The Labute approximate surface area is 84.2 Å². The molecule has 1 unspecified atom stereocenters. The van der Waals surface area contributed by atoms with Gasteiger partial charge < -0.3 is 10.4 Å². The molecule has 1 fully saturated rings. The molecule has 2 N–H and O–H groups in total. The van der Waals surface area contributed by atoms with Crippen molar-refractivity contribution >= 4 is 0 Å². The Balaban J connectivity index is 2.02. The van der Waals surface area contributed by atoms with E-state index in [1.165, 1.54) is 12.8 Å². The van der Waals surface area contributed by atoms with Crippen LogP contribution in [0.4, 0.5) is 0 Å². The largest absolute Gasteiger partial charge is 0.395 e. The topological polar surface area (TPSA) is 45.1 Å². The van der Waals surface area contributed by atoms with Crippen molar-refractivity contribution in [1.29, 1.82) is 0 Å². The number of hydrogen-bond donors (Lipinski definition) is 2. The number of pyridine rings is 1. The second-order valence-electron chi connectivity index (χ2n) is 3.75. The third-order valence-corrected chi connectivity index (χ3v) is 2.58. The van der Waals surface area contributed by atoms with E-state index in [9.17, 15) is 0 Å². The van der Waals surface area contributed by atoms with Crippen molar-refractivity contribution in [2.45, 2.75) is 18.9 Å². The van der Waals surface area contributed by atoms with Crippen LogP contribution in [0.15, 0.2) is 24.4 Å². The second-order valence-corrected chi connectivity index (χ2v) is 3.75. The van der Waals surface area contributed by atoms with E-state index >= 15 is 0 Å². The molecule has 0 aliphatic heterocycles. The van der Waals surface area contributed by atoms with Crippen LogP contribution in [0.3, 0.4) is 0 Å². The van der Waals surface area contributed by atoms with E-state index in [0.717, 1.165) is 11.6 Å². The third kappa shape index (κ3) is 2.30. The van der Waals surface area contributed by atoms with Crippen molar-refractivity contribution in [3.63, 3.8) is 0 Å². The molecule has 1 aromatic heterocycles. The minimum absolute atomic E-state index is 0.191. The summed E-state index contributed by atoms with van der Waals surface area (Å²) in [5.74, 6) is 0.719. The number of hydrogen-bond acceptors (Lipinski definition) is 3. The van der Waals surface area contributed by atoms with E-state index in [2.05, 4.69) is 10.3 Å². The van der Waals surface area contributed by atoms with Crippen LogP contribution < -0.4 is 5.32 Å². The molecule has 0 bridgehead atoms. The maximum atomic E-state index is 8.78. The SMILES string of the molecule is OCCNC(c1ccccn1)C1CC1. The first-order valence-electron chi connectivity index (χ1n) is 5.17. The first-order chi connectivity index (χ1) is 6.92. The number of aromatic nitrogens is 1. The van der Waals surface area contributed by atoms with Gasteiger partial charge in [-0.25, -0.2) is 0 Å². The van der Waals surface area contributed by atoms with E-state index in [0.29, 0.717) is 12.6 Å². The van der Waals surface area contributed by atoms with Gasteiger partial charge in [0.05, 0.1) is 18.3 Å². The highest BCUT2D eigenvalue weighted by Gasteiger charge is 2.32. The predicted octanol–water partition coefficient (Wildman–Crippen LogP) is 1.11. The summed E-state index contributed by atoms with van der Waals surface area (Å²) in [4.78, 5) is 4.35. The summed E-state index contributed by atoms with van der Waals surface area (Å²) in [5.41, 5.74) is 1.10. The van der Waals surface area contributed by atoms with E-state index < -0.39 is 0 Å². The quantitative estimate of drug-likeness (QED) is 0.734. The van der Waals surface area contributed by atoms with Crippen LogP contribution in [0, 0.1) is 5.92 Å². The van der Waals surface area contributed by atoms with Gasteiger partial charge in [0, 0.05) is 12.7 Å². The van der Waals surface area contributed by atoms with Gasteiger partial charge in [0.1, 0.15) is 0 Å². The van der Waals surface area contributed by atoms with Crippen LogP contribution in [0.25, 0.3) is 0 Å². The lowest BCUT2D eigenvalue weighted by molar-refractivity contribution is 0.280. The Morgan fingerprint density at radius 3 is 2.93 bits per heavy atom. The molecule has 3 heteroatoms. The first kappa shape index (κ1) is 9.62. The van der Waals surface area contributed by atoms with Gasteiger partial charge in [-0.05, 0) is 30.9 Å². The second kappa shape index (κ2) is 4.53. The zero-order valence-corrected chi connectivity index (χ0v) is 8.19. The molecule has 1 aliphatic rings. The molecule has 1 aromatic rings. The Bertz CT molecular complexity index is 272. The molecule has 0 aromatic carbocycles. The summed E-state index contributed by atoms with van der Waals surface area (Å²) >= 11 is 0. The fourth-order valence-electron chi connectivity index (χ4n) is 1.72. The Morgan fingerprint density at radius 1 is 1.50 bits per heavy atom. The van der Waals surface area contributed by atoms with Gasteiger partial charge in [0.2, 0.25) is 0 Å². The molecule has 3 nitrogen and oxygen atoms in total. The van der Waals surface area contributed by atoms with Gasteiger partial charge in [-0.2, -0.15) is 0 Å². The van der Waals surface area contributed by atoms with Crippen LogP contribution in [-0.2, 0) is 0 Å². The number of aliphatic hydroxyl groups is 1. The molecule has 1 atom stereocenters. The molecule has 0 radical (unpaired) electrons. The Kier molecular flexibility index (Phi) is 3.11. The fourth-order valence-corrected chi connectivity index (χ4v) is 1.72. The molecule has 0 saturated heterocycles. The van der Waals surface area contributed by atoms with Crippen molar-refractivity contribution in [3.8, 4) is 0 Å². The van der Waals surface area contributed by atoms with Crippen molar-refractivity contribution < 1.29 is 5.11 Å². The zero-order chi connectivity index (χ0) is 9.80. The summed E-state index contributed by atoms with van der Waals surface area (Å²) in [5, 5.41) is 12.1. The van der Waals surface area contributed by atoms with Gasteiger partial charge in [-0.1, -0.05) is 6.07 Å². The fraction of sp³-hybridized carbons (Fsp3) is 0.545. The van der Waals surface area contributed by atoms with Gasteiger partial charge in [0.15, 0.2) is 0 Å². The Morgan fingerprint density at radius 2 is 2.36 bits per heavy atom. The van der Waals surface area contributed by atoms with E-state index in [4.69, 9.17) is 5.11 Å². The van der Waals surface area contributed by atoms with Crippen molar-refractivity contribution in [3.05, 3.63) is 30.1 Å². The molecule has 76 valence electrons. The van der Waals surface area contributed by atoms with Crippen molar-refractivity contribution in [2.24, 2.45) is 5.92 Å². The smallest absolute Gasteiger partial charge is 0.0576 e. The first-order valence-corrected chi connectivity index (χ1v) is 5.17. The van der Waals surface area contributed by atoms with Gasteiger partial charge in [-0.15, -0.1) is 0 Å². The lowest BCUT2D eigenvalue weighted by atomic mass is 10.1. The normalized spacial score (nSPS) is 18.1. The maximum absolute atomic E-state index is 8.78. The Hall–Kier alpha value is -0.930. The van der Waals surface area contributed by atoms with E-state index in [-0.39, 0.29) is 6.61 Å². The molecule has 0 amide bonds. The van der Waals surface area contributed by atoms with Crippen LogP contribution in [0.1, 0.15) is 24.6 Å². The maximum Gasteiger partial charge on any atom is 0.0576 e. The van der Waals surface area contributed by atoms with Crippen molar-refractivity contribution in [2.75, 3.05) is 13.2 Å². The summed E-state index contributed by atoms with van der Waals surface area (Å²) in [7, 11) is 0. The molecule has 1 saturated carbocycles. The molecular formula is C11H16N2O. The molecule has 14 heavy (non-hydrogen) atoms. The summed E-state index contributed by atoms with van der Waals surface area (Å²) < 4.78 is 0.